The van der Waals surface area contributed by atoms with Gasteiger partial charge in [0.05, 0.1) is 6.54 Å². The number of nitrogens with zero attached hydrogens (tertiary/aromatic N) is 5. The van der Waals surface area contributed by atoms with Gasteiger partial charge in [0.1, 0.15) is 23.1 Å². The van der Waals surface area contributed by atoms with Crippen LogP contribution >= 0.6 is 0 Å². The summed E-state index contributed by atoms with van der Waals surface area (Å²) in [4.78, 5) is 6.88. The number of rotatable bonds is 5. The SMILES string of the molecule is Cc1nc(C)n(C[C@@H]2CCCN(Cc3ccc(-c4ccn[nH]4)o3)C2)n1. The first-order chi connectivity index (χ1) is 12.2. The fourth-order valence-electron chi connectivity index (χ4n) is 3.64. The summed E-state index contributed by atoms with van der Waals surface area (Å²) in [7, 11) is 0. The van der Waals surface area contributed by atoms with Crippen LogP contribution in [-0.2, 0) is 13.1 Å². The van der Waals surface area contributed by atoms with Crippen molar-refractivity contribution in [2.24, 2.45) is 5.92 Å². The molecule has 0 spiro atoms. The van der Waals surface area contributed by atoms with Gasteiger partial charge in [-0.3, -0.25) is 10.00 Å². The van der Waals surface area contributed by atoms with Crippen LogP contribution in [0.2, 0.25) is 0 Å². The van der Waals surface area contributed by atoms with Crippen LogP contribution in [0.25, 0.3) is 11.5 Å². The van der Waals surface area contributed by atoms with E-state index in [4.69, 9.17) is 4.42 Å². The van der Waals surface area contributed by atoms with Crippen molar-refractivity contribution < 1.29 is 4.42 Å². The molecule has 4 rings (SSSR count). The Morgan fingerprint density at radius 3 is 2.96 bits per heavy atom. The van der Waals surface area contributed by atoms with E-state index in [-0.39, 0.29) is 0 Å². The third-order valence-electron chi connectivity index (χ3n) is 4.80. The zero-order chi connectivity index (χ0) is 17.2. The van der Waals surface area contributed by atoms with Crippen LogP contribution in [0.15, 0.2) is 28.8 Å². The van der Waals surface area contributed by atoms with Gasteiger partial charge < -0.3 is 4.42 Å². The van der Waals surface area contributed by atoms with Crippen molar-refractivity contribution in [3.63, 3.8) is 0 Å². The van der Waals surface area contributed by atoms with Crippen molar-refractivity contribution >= 4 is 0 Å². The summed E-state index contributed by atoms with van der Waals surface area (Å²) >= 11 is 0. The predicted molar refractivity (Wildman–Crippen MR) is 93.8 cm³/mol. The molecule has 1 saturated heterocycles. The van der Waals surface area contributed by atoms with E-state index in [0.29, 0.717) is 5.92 Å². The standard InChI is InChI=1S/C18H24N6O/c1-13-20-14(2)24(22-13)11-15-4-3-9-23(10-15)12-16-5-6-18(25-16)17-7-8-19-21-17/h5-8,15H,3-4,9-12H2,1-2H3,(H,19,21)/t15-/m1/s1. The van der Waals surface area contributed by atoms with Gasteiger partial charge in [0.25, 0.3) is 0 Å². The lowest BCUT2D eigenvalue weighted by Gasteiger charge is -2.32. The summed E-state index contributed by atoms with van der Waals surface area (Å²) in [6.07, 6.45) is 4.19. The molecule has 1 aliphatic rings. The number of aryl methyl sites for hydroxylation is 2. The van der Waals surface area contributed by atoms with Gasteiger partial charge in [-0.05, 0) is 57.4 Å². The highest BCUT2D eigenvalue weighted by molar-refractivity contribution is 5.51. The molecule has 0 aliphatic carbocycles. The van der Waals surface area contributed by atoms with Gasteiger partial charge in [0.2, 0.25) is 0 Å². The number of likely N-dealkylation sites (tertiary alicyclic amines) is 1. The van der Waals surface area contributed by atoms with E-state index in [1.165, 1.54) is 12.8 Å². The Balaban J connectivity index is 1.37. The Kier molecular flexibility index (Phi) is 4.40. The van der Waals surface area contributed by atoms with Crippen LogP contribution in [-0.4, -0.2) is 43.0 Å². The normalized spacial score (nSPS) is 18.7. The Bertz CT molecular complexity index is 819. The van der Waals surface area contributed by atoms with Gasteiger partial charge in [-0.15, -0.1) is 0 Å². The molecular formula is C18H24N6O. The highest BCUT2D eigenvalue weighted by Crippen LogP contribution is 2.24. The summed E-state index contributed by atoms with van der Waals surface area (Å²) in [5, 5.41) is 11.4. The molecule has 0 bridgehead atoms. The molecule has 0 radical (unpaired) electrons. The number of hydrogen-bond donors (Lipinski definition) is 1. The van der Waals surface area contributed by atoms with E-state index in [9.17, 15) is 0 Å². The Morgan fingerprint density at radius 2 is 2.20 bits per heavy atom. The van der Waals surface area contributed by atoms with Gasteiger partial charge in [-0.1, -0.05) is 0 Å². The van der Waals surface area contributed by atoms with E-state index in [1.54, 1.807) is 6.20 Å². The van der Waals surface area contributed by atoms with Gasteiger partial charge >= 0.3 is 0 Å². The lowest BCUT2D eigenvalue weighted by atomic mass is 9.98. The molecule has 1 N–H and O–H groups in total. The van der Waals surface area contributed by atoms with Crippen molar-refractivity contribution in [3.8, 4) is 11.5 Å². The summed E-state index contributed by atoms with van der Waals surface area (Å²) in [6.45, 7) is 7.95. The molecule has 1 fully saturated rings. The van der Waals surface area contributed by atoms with Gasteiger partial charge in [0, 0.05) is 19.3 Å². The molecule has 3 aromatic heterocycles. The van der Waals surface area contributed by atoms with Crippen LogP contribution in [0.1, 0.15) is 30.3 Å². The maximum atomic E-state index is 5.97. The topological polar surface area (TPSA) is 75.8 Å². The minimum absolute atomic E-state index is 0.607. The molecule has 0 saturated carbocycles. The second kappa shape index (κ2) is 6.84. The molecule has 0 unspecified atom stereocenters. The van der Waals surface area contributed by atoms with Crippen LogP contribution in [0.4, 0.5) is 0 Å². The molecule has 3 aromatic rings. The van der Waals surface area contributed by atoms with Gasteiger partial charge in [0.15, 0.2) is 5.76 Å². The lowest BCUT2D eigenvalue weighted by Crippen LogP contribution is -2.36. The largest absolute Gasteiger partial charge is 0.458 e. The van der Waals surface area contributed by atoms with E-state index in [0.717, 1.165) is 55.0 Å². The number of aromatic amines is 1. The molecule has 25 heavy (non-hydrogen) atoms. The maximum Gasteiger partial charge on any atom is 0.152 e. The van der Waals surface area contributed by atoms with Crippen molar-refractivity contribution in [2.75, 3.05) is 13.1 Å². The van der Waals surface area contributed by atoms with Crippen LogP contribution in [0.5, 0.6) is 0 Å². The molecule has 7 heteroatoms. The zero-order valence-electron chi connectivity index (χ0n) is 14.8. The molecule has 7 nitrogen and oxygen atoms in total. The highest BCUT2D eigenvalue weighted by atomic mass is 16.3. The second-order valence-electron chi connectivity index (χ2n) is 6.87. The maximum absolute atomic E-state index is 5.97. The predicted octanol–water partition coefficient (Wildman–Crippen LogP) is 2.79. The lowest BCUT2D eigenvalue weighted by molar-refractivity contribution is 0.144. The van der Waals surface area contributed by atoms with Gasteiger partial charge in [-0.2, -0.15) is 10.2 Å². The molecular weight excluding hydrogens is 316 g/mol. The fourth-order valence-corrected chi connectivity index (χ4v) is 3.64. The quantitative estimate of drug-likeness (QED) is 0.773. The Hall–Kier alpha value is -2.41. The van der Waals surface area contributed by atoms with Crippen LogP contribution < -0.4 is 0 Å². The minimum Gasteiger partial charge on any atom is -0.458 e. The van der Waals surface area contributed by atoms with Crippen molar-refractivity contribution in [2.45, 2.75) is 39.8 Å². The minimum atomic E-state index is 0.607. The number of hydrogen-bond acceptors (Lipinski definition) is 5. The molecule has 4 heterocycles. The van der Waals surface area contributed by atoms with Crippen LogP contribution in [0, 0.1) is 19.8 Å². The molecule has 1 atom stereocenters. The number of nitrogens with one attached hydrogen (secondary N) is 1. The number of piperidine rings is 1. The van der Waals surface area contributed by atoms with Crippen molar-refractivity contribution in [1.29, 1.82) is 0 Å². The molecule has 132 valence electrons. The summed E-state index contributed by atoms with van der Waals surface area (Å²) in [5.74, 6) is 4.31. The third-order valence-corrected chi connectivity index (χ3v) is 4.80. The van der Waals surface area contributed by atoms with Crippen LogP contribution in [0.3, 0.4) is 0 Å². The van der Waals surface area contributed by atoms with E-state index in [2.05, 4.69) is 31.2 Å². The zero-order valence-corrected chi connectivity index (χ0v) is 14.8. The van der Waals surface area contributed by atoms with E-state index >= 15 is 0 Å². The molecule has 0 aromatic carbocycles. The van der Waals surface area contributed by atoms with E-state index in [1.807, 2.05) is 30.7 Å². The summed E-state index contributed by atoms with van der Waals surface area (Å²) in [6, 6.07) is 5.98. The first kappa shape index (κ1) is 16.1. The summed E-state index contributed by atoms with van der Waals surface area (Å²) < 4.78 is 8.01. The number of H-pyrrole nitrogens is 1. The van der Waals surface area contributed by atoms with E-state index < -0.39 is 0 Å². The van der Waals surface area contributed by atoms with Crippen molar-refractivity contribution in [3.05, 3.63) is 41.8 Å². The first-order valence-electron chi connectivity index (χ1n) is 8.86. The Labute approximate surface area is 147 Å². The number of aromatic nitrogens is 5. The monoisotopic (exact) mass is 340 g/mol. The second-order valence-corrected chi connectivity index (χ2v) is 6.87. The summed E-state index contributed by atoms with van der Waals surface area (Å²) in [5.41, 5.74) is 0.916. The average Bonchev–Trinajstić information content (AvgIpc) is 3.30. The Morgan fingerprint density at radius 1 is 1.28 bits per heavy atom. The smallest absolute Gasteiger partial charge is 0.152 e. The molecule has 1 aliphatic heterocycles. The first-order valence-corrected chi connectivity index (χ1v) is 8.86. The average molecular weight is 340 g/mol. The third kappa shape index (κ3) is 3.66. The van der Waals surface area contributed by atoms with Gasteiger partial charge in [-0.25, -0.2) is 9.67 Å². The highest BCUT2D eigenvalue weighted by Gasteiger charge is 2.22. The fraction of sp³-hybridized carbons (Fsp3) is 0.500. The molecule has 0 amide bonds. The van der Waals surface area contributed by atoms with Crippen molar-refractivity contribution in [1.82, 2.24) is 29.9 Å². The number of furan rings is 1.